The minimum Gasteiger partial charge on any atom is -0.466 e. The first-order valence-electron chi connectivity index (χ1n) is 6.62. The van der Waals surface area contributed by atoms with Crippen molar-refractivity contribution < 1.29 is 9.53 Å². The number of fused-ring (bicyclic) bond motifs is 1. The van der Waals surface area contributed by atoms with Crippen molar-refractivity contribution in [2.24, 2.45) is 0 Å². The molecule has 0 N–H and O–H groups in total. The summed E-state index contributed by atoms with van der Waals surface area (Å²) in [6.07, 6.45) is 1.00. The van der Waals surface area contributed by atoms with Gasteiger partial charge in [0.2, 0.25) is 0 Å². The van der Waals surface area contributed by atoms with E-state index in [0.29, 0.717) is 36.0 Å². The molecule has 0 saturated heterocycles. The van der Waals surface area contributed by atoms with E-state index in [-0.39, 0.29) is 11.8 Å². The van der Waals surface area contributed by atoms with Crippen molar-refractivity contribution >= 4 is 51.8 Å². The molecule has 0 atom stereocenters. The average molecular weight is 350 g/mol. The SMILES string of the molecule is CCOC(=O)CCCn1c(CCl)nc2cc(Cl)c(Cl)cc21. The Morgan fingerprint density at radius 2 is 2.05 bits per heavy atom. The molecule has 0 aliphatic heterocycles. The van der Waals surface area contributed by atoms with Crippen molar-refractivity contribution in [3.63, 3.8) is 0 Å². The summed E-state index contributed by atoms with van der Waals surface area (Å²) in [5, 5.41) is 0.929. The average Bonchev–Trinajstić information content (AvgIpc) is 2.77. The Labute approximate surface area is 137 Å². The maximum Gasteiger partial charge on any atom is 0.305 e. The number of esters is 1. The van der Waals surface area contributed by atoms with Crippen LogP contribution < -0.4 is 0 Å². The smallest absolute Gasteiger partial charge is 0.305 e. The first kappa shape index (κ1) is 16.4. The zero-order valence-electron chi connectivity index (χ0n) is 11.5. The second kappa shape index (κ2) is 7.34. The molecule has 1 aromatic carbocycles. The molecule has 21 heavy (non-hydrogen) atoms. The number of ether oxygens (including phenoxy) is 1. The standard InChI is InChI=1S/C14H15Cl3N2O2/c1-2-21-14(20)4-3-5-19-12-7-10(17)9(16)6-11(12)18-13(19)8-15/h6-7H,2-5,8H2,1H3. The molecule has 2 aromatic rings. The number of aromatic nitrogens is 2. The number of rotatable bonds is 6. The van der Waals surface area contributed by atoms with Gasteiger partial charge >= 0.3 is 5.97 Å². The fourth-order valence-corrected chi connectivity index (χ4v) is 2.66. The molecule has 0 radical (unpaired) electrons. The van der Waals surface area contributed by atoms with Crippen LogP contribution in [-0.2, 0) is 22.0 Å². The quantitative estimate of drug-likeness (QED) is 0.572. The summed E-state index contributed by atoms with van der Waals surface area (Å²) in [5.41, 5.74) is 1.61. The van der Waals surface area contributed by atoms with Crippen molar-refractivity contribution in [2.45, 2.75) is 32.2 Å². The Bertz CT molecular complexity index is 655. The van der Waals surface area contributed by atoms with E-state index in [1.807, 2.05) is 4.57 Å². The van der Waals surface area contributed by atoms with Gasteiger partial charge in [-0.05, 0) is 25.5 Å². The number of benzene rings is 1. The number of halogens is 3. The van der Waals surface area contributed by atoms with Crippen LogP contribution in [0.5, 0.6) is 0 Å². The second-order valence-electron chi connectivity index (χ2n) is 4.48. The highest BCUT2D eigenvalue weighted by Gasteiger charge is 2.13. The van der Waals surface area contributed by atoms with Gasteiger partial charge in [0.25, 0.3) is 0 Å². The van der Waals surface area contributed by atoms with Gasteiger partial charge < -0.3 is 9.30 Å². The number of aryl methyl sites for hydroxylation is 1. The number of alkyl halides is 1. The Hall–Kier alpha value is -0.970. The minimum absolute atomic E-state index is 0.199. The van der Waals surface area contributed by atoms with E-state index in [2.05, 4.69) is 4.98 Å². The highest BCUT2D eigenvalue weighted by atomic mass is 35.5. The van der Waals surface area contributed by atoms with E-state index in [1.54, 1.807) is 19.1 Å². The molecular weight excluding hydrogens is 335 g/mol. The number of nitrogens with zero attached hydrogens (tertiary/aromatic N) is 2. The minimum atomic E-state index is -0.199. The number of carbonyl (C=O) groups is 1. The van der Waals surface area contributed by atoms with Crippen LogP contribution in [0.15, 0.2) is 12.1 Å². The van der Waals surface area contributed by atoms with Gasteiger partial charge in [0.15, 0.2) is 0 Å². The van der Waals surface area contributed by atoms with Crippen LogP contribution in [0.3, 0.4) is 0 Å². The molecule has 7 heteroatoms. The van der Waals surface area contributed by atoms with Crippen molar-refractivity contribution in [1.82, 2.24) is 9.55 Å². The predicted molar refractivity (Wildman–Crippen MR) is 85.2 cm³/mol. The van der Waals surface area contributed by atoms with Crippen molar-refractivity contribution in [1.29, 1.82) is 0 Å². The lowest BCUT2D eigenvalue weighted by molar-refractivity contribution is -0.143. The Balaban J connectivity index is 2.21. The summed E-state index contributed by atoms with van der Waals surface area (Å²) < 4.78 is 6.87. The van der Waals surface area contributed by atoms with Crippen molar-refractivity contribution in [3.05, 3.63) is 28.0 Å². The van der Waals surface area contributed by atoms with Crippen LogP contribution in [0.4, 0.5) is 0 Å². The summed E-state index contributed by atoms with van der Waals surface area (Å²) >= 11 is 18.0. The molecule has 0 fully saturated rings. The summed E-state index contributed by atoms with van der Waals surface area (Å²) in [5.74, 6) is 0.813. The van der Waals surface area contributed by atoms with E-state index >= 15 is 0 Å². The van der Waals surface area contributed by atoms with Gasteiger partial charge in [-0.15, -0.1) is 11.6 Å². The van der Waals surface area contributed by atoms with E-state index in [1.165, 1.54) is 0 Å². The third-order valence-electron chi connectivity index (χ3n) is 3.06. The third-order valence-corrected chi connectivity index (χ3v) is 4.02. The number of imidazole rings is 1. The number of hydrogen-bond acceptors (Lipinski definition) is 3. The van der Waals surface area contributed by atoms with Crippen molar-refractivity contribution in [3.8, 4) is 0 Å². The van der Waals surface area contributed by atoms with E-state index in [4.69, 9.17) is 39.5 Å². The summed E-state index contributed by atoms with van der Waals surface area (Å²) in [7, 11) is 0. The molecule has 1 aromatic heterocycles. The fourth-order valence-electron chi connectivity index (χ4n) is 2.14. The van der Waals surface area contributed by atoms with Crippen LogP contribution in [0, 0.1) is 0 Å². The first-order chi connectivity index (χ1) is 10.1. The Morgan fingerprint density at radius 1 is 1.33 bits per heavy atom. The first-order valence-corrected chi connectivity index (χ1v) is 7.91. The van der Waals surface area contributed by atoms with Gasteiger partial charge in [0.05, 0.1) is 33.6 Å². The monoisotopic (exact) mass is 348 g/mol. The lowest BCUT2D eigenvalue weighted by atomic mass is 10.3. The van der Waals surface area contributed by atoms with Gasteiger partial charge in [-0.1, -0.05) is 23.2 Å². The molecule has 4 nitrogen and oxygen atoms in total. The molecule has 0 aliphatic carbocycles. The largest absolute Gasteiger partial charge is 0.466 e. The molecule has 0 aliphatic rings. The molecule has 0 bridgehead atoms. The second-order valence-corrected chi connectivity index (χ2v) is 5.56. The van der Waals surface area contributed by atoms with Gasteiger partial charge in [0, 0.05) is 13.0 Å². The molecule has 1 heterocycles. The maximum absolute atomic E-state index is 11.4. The van der Waals surface area contributed by atoms with Crippen LogP contribution >= 0.6 is 34.8 Å². The summed E-state index contributed by atoms with van der Waals surface area (Å²) in [4.78, 5) is 15.8. The molecule has 0 amide bonds. The van der Waals surface area contributed by atoms with Crippen LogP contribution in [-0.4, -0.2) is 22.1 Å². The molecule has 2 rings (SSSR count). The van der Waals surface area contributed by atoms with Gasteiger partial charge in [0.1, 0.15) is 5.82 Å². The van der Waals surface area contributed by atoms with Gasteiger partial charge in [-0.2, -0.15) is 0 Å². The highest BCUT2D eigenvalue weighted by molar-refractivity contribution is 6.42. The topological polar surface area (TPSA) is 44.1 Å². The van der Waals surface area contributed by atoms with Gasteiger partial charge in [-0.25, -0.2) is 4.98 Å². The normalized spacial score (nSPS) is 11.0. The van der Waals surface area contributed by atoms with E-state index in [0.717, 1.165) is 16.9 Å². The lowest BCUT2D eigenvalue weighted by Crippen LogP contribution is -2.08. The zero-order chi connectivity index (χ0) is 15.4. The summed E-state index contributed by atoms with van der Waals surface area (Å²) in [6, 6.07) is 3.49. The molecule has 0 saturated carbocycles. The van der Waals surface area contributed by atoms with Gasteiger partial charge in [-0.3, -0.25) is 4.79 Å². The van der Waals surface area contributed by atoms with Crippen LogP contribution in [0.1, 0.15) is 25.6 Å². The maximum atomic E-state index is 11.4. The Kier molecular flexibility index (Phi) is 5.73. The van der Waals surface area contributed by atoms with Crippen LogP contribution in [0.2, 0.25) is 10.0 Å². The fraction of sp³-hybridized carbons (Fsp3) is 0.429. The Morgan fingerprint density at radius 3 is 2.71 bits per heavy atom. The molecule has 114 valence electrons. The summed E-state index contributed by atoms with van der Waals surface area (Å²) in [6.45, 7) is 2.81. The third kappa shape index (κ3) is 3.82. The zero-order valence-corrected chi connectivity index (χ0v) is 13.8. The van der Waals surface area contributed by atoms with E-state index < -0.39 is 0 Å². The highest BCUT2D eigenvalue weighted by Crippen LogP contribution is 2.29. The molecule has 0 unspecified atom stereocenters. The molecule has 0 spiro atoms. The number of hydrogen-bond donors (Lipinski definition) is 0. The molecular formula is C14H15Cl3N2O2. The van der Waals surface area contributed by atoms with Crippen molar-refractivity contribution in [2.75, 3.05) is 6.61 Å². The van der Waals surface area contributed by atoms with Crippen LogP contribution in [0.25, 0.3) is 11.0 Å². The number of carbonyl (C=O) groups excluding carboxylic acids is 1. The lowest BCUT2D eigenvalue weighted by Gasteiger charge is -2.08. The predicted octanol–water partition coefficient (Wildman–Crippen LogP) is 4.43. The van der Waals surface area contributed by atoms with E-state index in [9.17, 15) is 4.79 Å².